The van der Waals surface area contributed by atoms with Crippen molar-refractivity contribution in [1.29, 1.82) is 0 Å². The number of hydrogen-bond acceptors (Lipinski definition) is 4. The highest BCUT2D eigenvalue weighted by Gasteiger charge is 2.21. The van der Waals surface area contributed by atoms with Crippen molar-refractivity contribution in [2.24, 2.45) is 10.9 Å². The van der Waals surface area contributed by atoms with Crippen LogP contribution < -0.4 is 10.6 Å². The Morgan fingerprint density at radius 1 is 1.33 bits per heavy atom. The lowest BCUT2D eigenvalue weighted by Crippen LogP contribution is -2.34. The van der Waals surface area contributed by atoms with E-state index in [0.717, 1.165) is 5.69 Å². The first kappa shape index (κ1) is 14.6. The predicted octanol–water partition coefficient (Wildman–Crippen LogP) is 2.37. The minimum absolute atomic E-state index is 0.0765. The molecule has 110 valence electrons. The molecule has 0 saturated heterocycles. The summed E-state index contributed by atoms with van der Waals surface area (Å²) < 4.78 is 5.18. The number of carbonyl (C=O) groups excluding carboxylic acids is 1. The Morgan fingerprint density at radius 3 is 2.62 bits per heavy atom. The molecule has 1 amide bonds. The summed E-state index contributed by atoms with van der Waals surface area (Å²) in [5.41, 5.74) is 6.73. The van der Waals surface area contributed by atoms with Crippen molar-refractivity contribution in [2.75, 3.05) is 11.4 Å². The highest BCUT2D eigenvalue weighted by atomic mass is 16.4. The minimum Gasteiger partial charge on any atom is -0.469 e. The number of nitrogens with zero attached hydrogens (tertiary/aromatic N) is 2. The van der Waals surface area contributed by atoms with Gasteiger partial charge in [0.05, 0.1) is 11.8 Å². The first-order valence-corrected chi connectivity index (χ1v) is 6.51. The number of benzene rings is 1. The zero-order valence-electron chi connectivity index (χ0n) is 11.7. The van der Waals surface area contributed by atoms with Gasteiger partial charge in [0.2, 0.25) is 0 Å². The molecule has 1 aromatic heterocycles. The number of amidine groups is 1. The second kappa shape index (κ2) is 6.60. The maximum Gasteiger partial charge on any atom is 0.261 e. The zero-order valence-corrected chi connectivity index (χ0v) is 11.7. The van der Waals surface area contributed by atoms with E-state index < -0.39 is 0 Å². The lowest BCUT2D eigenvalue weighted by atomic mass is 10.2. The molecule has 0 aliphatic rings. The molecule has 0 radical (unpaired) electrons. The fourth-order valence-electron chi connectivity index (χ4n) is 1.98. The molecule has 6 heteroatoms. The molecule has 3 N–H and O–H groups in total. The molecule has 0 aliphatic carbocycles. The Bertz CT molecular complexity index is 635. The third-order valence-corrected chi connectivity index (χ3v) is 3.12. The van der Waals surface area contributed by atoms with Crippen LogP contribution in [0.25, 0.3) is 0 Å². The number of carbonyl (C=O) groups is 1. The molecule has 0 aliphatic heterocycles. The molecule has 2 rings (SSSR count). The summed E-state index contributed by atoms with van der Waals surface area (Å²) in [6.07, 6.45) is 1.75. The van der Waals surface area contributed by atoms with Gasteiger partial charge in [-0.05, 0) is 25.1 Å². The Hall–Kier alpha value is -2.76. The molecule has 0 fully saturated rings. The summed E-state index contributed by atoms with van der Waals surface area (Å²) in [4.78, 5) is 14.2. The second-order valence-corrected chi connectivity index (χ2v) is 4.52. The Morgan fingerprint density at radius 2 is 2.05 bits per heavy atom. The standard InChI is InChI=1S/C15H17N3O3/c1-11-13(8-10-21-11)15(19)18(9-7-14(16)17-20)12-5-3-2-4-6-12/h2-6,8,10,20H,7,9H2,1H3,(H2,16,17). The van der Waals surface area contributed by atoms with Crippen molar-refractivity contribution in [3.8, 4) is 0 Å². The van der Waals surface area contributed by atoms with E-state index in [9.17, 15) is 4.79 Å². The van der Waals surface area contributed by atoms with E-state index in [-0.39, 0.29) is 18.2 Å². The van der Waals surface area contributed by atoms with Crippen LogP contribution in [0.2, 0.25) is 0 Å². The third-order valence-electron chi connectivity index (χ3n) is 3.12. The van der Waals surface area contributed by atoms with E-state index in [1.54, 1.807) is 17.9 Å². The van der Waals surface area contributed by atoms with Crippen LogP contribution in [-0.2, 0) is 0 Å². The molecule has 1 aromatic carbocycles. The maximum atomic E-state index is 12.7. The summed E-state index contributed by atoms with van der Waals surface area (Å²) in [5.74, 6) is 0.454. The highest BCUT2D eigenvalue weighted by Crippen LogP contribution is 2.19. The topological polar surface area (TPSA) is 92.1 Å². The number of rotatable bonds is 5. The summed E-state index contributed by atoms with van der Waals surface area (Å²) in [5, 5.41) is 11.6. The van der Waals surface area contributed by atoms with Crippen LogP contribution in [0.15, 0.2) is 52.2 Å². The van der Waals surface area contributed by atoms with Gasteiger partial charge in [0.1, 0.15) is 11.6 Å². The van der Waals surface area contributed by atoms with Crippen LogP contribution in [-0.4, -0.2) is 23.5 Å². The first-order valence-electron chi connectivity index (χ1n) is 6.51. The lowest BCUT2D eigenvalue weighted by Gasteiger charge is -2.22. The van der Waals surface area contributed by atoms with Crippen molar-refractivity contribution < 1.29 is 14.4 Å². The number of aryl methyl sites for hydroxylation is 1. The van der Waals surface area contributed by atoms with Crippen molar-refractivity contribution >= 4 is 17.4 Å². The van der Waals surface area contributed by atoms with Gasteiger partial charge in [-0.3, -0.25) is 4.79 Å². The summed E-state index contributed by atoms with van der Waals surface area (Å²) in [6, 6.07) is 10.9. The first-order chi connectivity index (χ1) is 10.1. The quantitative estimate of drug-likeness (QED) is 0.382. The SMILES string of the molecule is Cc1occc1C(=O)N(CC/C(N)=N/O)c1ccccc1. The highest BCUT2D eigenvalue weighted by molar-refractivity contribution is 6.07. The third kappa shape index (κ3) is 3.42. The number of hydrogen-bond donors (Lipinski definition) is 2. The summed E-state index contributed by atoms with van der Waals surface area (Å²) >= 11 is 0. The minimum atomic E-state index is -0.182. The molecule has 1 heterocycles. The lowest BCUT2D eigenvalue weighted by molar-refractivity contribution is 0.0986. The van der Waals surface area contributed by atoms with Crippen molar-refractivity contribution in [3.05, 3.63) is 54.0 Å². The number of para-hydroxylation sites is 1. The Kier molecular flexibility index (Phi) is 4.61. The molecular formula is C15H17N3O3. The van der Waals surface area contributed by atoms with Crippen LogP contribution in [0.3, 0.4) is 0 Å². The molecule has 21 heavy (non-hydrogen) atoms. The van der Waals surface area contributed by atoms with Crippen molar-refractivity contribution in [1.82, 2.24) is 0 Å². The van der Waals surface area contributed by atoms with Gasteiger partial charge in [-0.25, -0.2) is 0 Å². The van der Waals surface area contributed by atoms with E-state index in [1.165, 1.54) is 6.26 Å². The predicted molar refractivity (Wildman–Crippen MR) is 79.6 cm³/mol. The summed E-state index contributed by atoms with van der Waals surface area (Å²) in [7, 11) is 0. The molecule has 6 nitrogen and oxygen atoms in total. The van der Waals surface area contributed by atoms with Gasteiger partial charge in [-0.1, -0.05) is 23.4 Å². The monoisotopic (exact) mass is 287 g/mol. The van der Waals surface area contributed by atoms with Crippen molar-refractivity contribution in [3.63, 3.8) is 0 Å². The van der Waals surface area contributed by atoms with Gasteiger partial charge in [0.15, 0.2) is 0 Å². The van der Waals surface area contributed by atoms with Gasteiger partial charge in [0, 0.05) is 18.7 Å². The van der Waals surface area contributed by atoms with Crippen LogP contribution in [0.5, 0.6) is 0 Å². The normalized spacial score (nSPS) is 11.4. The van der Waals surface area contributed by atoms with Gasteiger partial charge in [-0.15, -0.1) is 0 Å². The second-order valence-electron chi connectivity index (χ2n) is 4.52. The molecule has 0 bridgehead atoms. The molecule has 0 atom stereocenters. The molecule has 0 spiro atoms. The van der Waals surface area contributed by atoms with Gasteiger partial charge < -0.3 is 20.3 Å². The number of furan rings is 1. The number of anilines is 1. The number of oxime groups is 1. The van der Waals surface area contributed by atoms with E-state index in [2.05, 4.69) is 5.16 Å². The van der Waals surface area contributed by atoms with Crippen LogP contribution in [0, 0.1) is 6.92 Å². The number of amides is 1. The fourth-order valence-corrected chi connectivity index (χ4v) is 1.98. The summed E-state index contributed by atoms with van der Waals surface area (Å²) in [6.45, 7) is 2.04. The molecular weight excluding hydrogens is 270 g/mol. The zero-order chi connectivity index (χ0) is 15.2. The average Bonchev–Trinajstić information content (AvgIpc) is 2.94. The largest absolute Gasteiger partial charge is 0.469 e. The van der Waals surface area contributed by atoms with E-state index in [4.69, 9.17) is 15.4 Å². The van der Waals surface area contributed by atoms with E-state index >= 15 is 0 Å². The van der Waals surface area contributed by atoms with Crippen LogP contribution in [0.4, 0.5) is 5.69 Å². The van der Waals surface area contributed by atoms with Crippen molar-refractivity contribution in [2.45, 2.75) is 13.3 Å². The van der Waals surface area contributed by atoms with Gasteiger partial charge >= 0.3 is 0 Å². The molecule has 2 aromatic rings. The fraction of sp³-hybridized carbons (Fsp3) is 0.200. The average molecular weight is 287 g/mol. The molecule has 0 unspecified atom stereocenters. The smallest absolute Gasteiger partial charge is 0.261 e. The van der Waals surface area contributed by atoms with Gasteiger partial charge in [0.25, 0.3) is 5.91 Å². The van der Waals surface area contributed by atoms with Crippen LogP contribution in [0.1, 0.15) is 22.5 Å². The van der Waals surface area contributed by atoms with Gasteiger partial charge in [-0.2, -0.15) is 0 Å². The number of nitrogens with two attached hydrogens (primary N) is 1. The maximum absolute atomic E-state index is 12.7. The Labute approximate surface area is 122 Å². The van der Waals surface area contributed by atoms with Crippen LogP contribution >= 0.6 is 0 Å². The van der Waals surface area contributed by atoms with E-state index in [0.29, 0.717) is 17.9 Å². The van der Waals surface area contributed by atoms with E-state index in [1.807, 2.05) is 30.3 Å². The Balaban J connectivity index is 2.28. The molecule has 0 saturated carbocycles.